The average molecular weight is 231 g/mol. The zero-order valence-electron chi connectivity index (χ0n) is 9.46. The van der Waals surface area contributed by atoms with Crippen molar-refractivity contribution in [2.75, 3.05) is 0 Å². The summed E-state index contributed by atoms with van der Waals surface area (Å²) in [5.41, 5.74) is 6.87. The van der Waals surface area contributed by atoms with Crippen molar-refractivity contribution >= 4 is 5.91 Å². The number of oxazole rings is 1. The van der Waals surface area contributed by atoms with Crippen molar-refractivity contribution < 1.29 is 9.21 Å². The molecular formula is C12H13N3O2. The van der Waals surface area contributed by atoms with E-state index in [4.69, 9.17) is 10.2 Å². The van der Waals surface area contributed by atoms with Crippen LogP contribution in [0.4, 0.5) is 0 Å². The molecule has 0 aliphatic rings. The van der Waals surface area contributed by atoms with E-state index < -0.39 is 0 Å². The predicted octanol–water partition coefficient (Wildman–Crippen LogP) is 1.25. The number of carbonyl (C=O) groups excluding carboxylic acids is 1. The van der Waals surface area contributed by atoms with Crippen molar-refractivity contribution in [1.29, 1.82) is 0 Å². The molecule has 17 heavy (non-hydrogen) atoms. The van der Waals surface area contributed by atoms with E-state index in [1.54, 1.807) is 25.4 Å². The molecule has 5 heteroatoms. The summed E-state index contributed by atoms with van der Waals surface area (Å²) in [6, 6.07) is 3.69. The Balaban J connectivity index is 2.10. The van der Waals surface area contributed by atoms with Gasteiger partial charge in [0.15, 0.2) is 5.89 Å². The number of amides is 1. The summed E-state index contributed by atoms with van der Waals surface area (Å²) in [5.74, 6) is -0.105. The highest BCUT2D eigenvalue weighted by Gasteiger charge is 2.12. The van der Waals surface area contributed by atoms with Gasteiger partial charge in [-0.3, -0.25) is 9.78 Å². The van der Waals surface area contributed by atoms with Crippen LogP contribution < -0.4 is 5.73 Å². The fourth-order valence-corrected chi connectivity index (χ4v) is 1.46. The molecule has 1 amide bonds. The lowest BCUT2D eigenvalue weighted by Gasteiger charge is -2.06. The van der Waals surface area contributed by atoms with E-state index in [-0.39, 0.29) is 11.8 Å². The maximum Gasteiger partial charge on any atom is 0.226 e. The minimum Gasteiger partial charge on any atom is -0.449 e. The number of nitrogens with zero attached hydrogens (tertiary/aromatic N) is 2. The van der Waals surface area contributed by atoms with Crippen LogP contribution in [-0.4, -0.2) is 15.9 Å². The monoisotopic (exact) mass is 231 g/mol. The summed E-state index contributed by atoms with van der Waals surface area (Å²) in [6.07, 6.45) is 5.43. The summed E-state index contributed by atoms with van der Waals surface area (Å²) < 4.78 is 5.14. The topological polar surface area (TPSA) is 82.0 Å². The molecule has 0 fully saturated rings. The normalized spacial score (nSPS) is 12.3. The molecule has 2 heterocycles. The van der Waals surface area contributed by atoms with E-state index >= 15 is 0 Å². The first-order valence-corrected chi connectivity index (χ1v) is 5.29. The van der Waals surface area contributed by atoms with Crippen LogP contribution in [0, 0.1) is 0 Å². The smallest absolute Gasteiger partial charge is 0.226 e. The third kappa shape index (κ3) is 2.69. The van der Waals surface area contributed by atoms with Crippen molar-refractivity contribution in [3.8, 4) is 0 Å². The zero-order chi connectivity index (χ0) is 12.3. The van der Waals surface area contributed by atoms with E-state index in [1.807, 2.05) is 6.07 Å². The number of hydrogen-bond donors (Lipinski definition) is 1. The Kier molecular flexibility index (Phi) is 3.18. The van der Waals surface area contributed by atoms with E-state index in [0.29, 0.717) is 18.0 Å². The predicted molar refractivity (Wildman–Crippen MR) is 61.2 cm³/mol. The van der Waals surface area contributed by atoms with Gasteiger partial charge in [0.05, 0.1) is 24.2 Å². The molecule has 0 aliphatic carbocycles. The van der Waals surface area contributed by atoms with Gasteiger partial charge in [0, 0.05) is 6.20 Å². The lowest BCUT2D eigenvalue weighted by molar-refractivity contribution is -0.119. The van der Waals surface area contributed by atoms with Gasteiger partial charge in [-0.25, -0.2) is 4.98 Å². The third-order valence-corrected chi connectivity index (χ3v) is 2.56. The molecule has 0 spiro atoms. The van der Waals surface area contributed by atoms with Crippen LogP contribution >= 0.6 is 0 Å². The standard InChI is InChI=1S/C12H13N3O2/c1-8(12(13)16)10-3-2-9(7-15-10)6-11-14-4-5-17-11/h2-5,7-8H,6H2,1H3,(H2,13,16). The molecular weight excluding hydrogens is 218 g/mol. The van der Waals surface area contributed by atoms with Gasteiger partial charge in [0.2, 0.25) is 5.91 Å². The van der Waals surface area contributed by atoms with Gasteiger partial charge in [-0.1, -0.05) is 6.07 Å². The lowest BCUT2D eigenvalue weighted by Crippen LogP contribution is -2.19. The van der Waals surface area contributed by atoms with Gasteiger partial charge in [-0.05, 0) is 18.6 Å². The fourth-order valence-electron chi connectivity index (χ4n) is 1.46. The Morgan fingerprint density at radius 3 is 2.82 bits per heavy atom. The maximum atomic E-state index is 11.0. The number of rotatable bonds is 4. The van der Waals surface area contributed by atoms with Crippen LogP contribution in [0.2, 0.25) is 0 Å². The molecule has 2 aromatic heterocycles. The first kappa shape index (κ1) is 11.3. The van der Waals surface area contributed by atoms with E-state index in [2.05, 4.69) is 9.97 Å². The van der Waals surface area contributed by atoms with Gasteiger partial charge in [-0.2, -0.15) is 0 Å². The molecule has 5 nitrogen and oxygen atoms in total. The fraction of sp³-hybridized carbons (Fsp3) is 0.250. The van der Waals surface area contributed by atoms with Crippen LogP contribution in [0.3, 0.4) is 0 Å². The summed E-state index contributed by atoms with van der Waals surface area (Å²) in [6.45, 7) is 1.73. The number of aromatic nitrogens is 2. The Bertz CT molecular complexity index is 491. The quantitative estimate of drug-likeness (QED) is 0.858. The molecule has 1 unspecified atom stereocenters. The van der Waals surface area contributed by atoms with Gasteiger partial charge < -0.3 is 10.2 Å². The number of nitrogens with two attached hydrogens (primary N) is 1. The summed E-state index contributed by atoms with van der Waals surface area (Å²) in [4.78, 5) is 19.2. The number of pyridine rings is 1. The van der Waals surface area contributed by atoms with E-state index in [1.165, 1.54) is 6.26 Å². The first-order chi connectivity index (χ1) is 8.16. The zero-order valence-corrected chi connectivity index (χ0v) is 9.46. The number of carbonyl (C=O) groups is 1. The van der Waals surface area contributed by atoms with Gasteiger partial charge >= 0.3 is 0 Å². The van der Waals surface area contributed by atoms with Crippen LogP contribution in [0.5, 0.6) is 0 Å². The van der Waals surface area contributed by atoms with Crippen molar-refractivity contribution in [1.82, 2.24) is 9.97 Å². The second kappa shape index (κ2) is 4.78. The van der Waals surface area contributed by atoms with Gasteiger partial charge in [0.25, 0.3) is 0 Å². The molecule has 2 rings (SSSR count). The van der Waals surface area contributed by atoms with Gasteiger partial charge in [-0.15, -0.1) is 0 Å². The molecule has 1 atom stereocenters. The van der Waals surface area contributed by atoms with Crippen molar-refractivity contribution in [2.45, 2.75) is 19.3 Å². The molecule has 2 aromatic rings. The van der Waals surface area contributed by atoms with E-state index in [9.17, 15) is 4.79 Å². The van der Waals surface area contributed by atoms with E-state index in [0.717, 1.165) is 5.56 Å². The second-order valence-electron chi connectivity index (χ2n) is 3.82. The Morgan fingerprint density at radius 1 is 1.47 bits per heavy atom. The van der Waals surface area contributed by atoms with Crippen LogP contribution in [0.25, 0.3) is 0 Å². The summed E-state index contributed by atoms with van der Waals surface area (Å²) in [5, 5.41) is 0. The minimum absolute atomic E-state index is 0.370. The second-order valence-corrected chi connectivity index (χ2v) is 3.82. The Morgan fingerprint density at radius 2 is 2.29 bits per heavy atom. The molecule has 2 N–H and O–H groups in total. The van der Waals surface area contributed by atoms with Crippen LogP contribution in [0.15, 0.2) is 35.2 Å². The van der Waals surface area contributed by atoms with Crippen molar-refractivity contribution in [2.24, 2.45) is 5.73 Å². The number of hydrogen-bond acceptors (Lipinski definition) is 4. The highest BCUT2D eigenvalue weighted by Crippen LogP contribution is 2.13. The molecule has 0 radical (unpaired) electrons. The van der Waals surface area contributed by atoms with Gasteiger partial charge in [0.1, 0.15) is 6.26 Å². The molecule has 0 bridgehead atoms. The average Bonchev–Trinajstić information content (AvgIpc) is 2.82. The molecule has 88 valence electrons. The highest BCUT2D eigenvalue weighted by atomic mass is 16.3. The molecule has 0 saturated heterocycles. The summed E-state index contributed by atoms with van der Waals surface area (Å²) >= 11 is 0. The van der Waals surface area contributed by atoms with Crippen LogP contribution in [0.1, 0.15) is 30.0 Å². The first-order valence-electron chi connectivity index (χ1n) is 5.29. The number of primary amides is 1. The molecule has 0 saturated carbocycles. The minimum atomic E-state index is -0.377. The Labute approximate surface area is 98.7 Å². The largest absolute Gasteiger partial charge is 0.449 e. The molecule has 0 aromatic carbocycles. The van der Waals surface area contributed by atoms with Crippen molar-refractivity contribution in [3.63, 3.8) is 0 Å². The third-order valence-electron chi connectivity index (χ3n) is 2.56. The lowest BCUT2D eigenvalue weighted by atomic mass is 10.1. The Hall–Kier alpha value is -2.17. The SMILES string of the molecule is CC(C(N)=O)c1ccc(Cc2ncco2)cn1. The summed E-state index contributed by atoms with van der Waals surface area (Å²) in [7, 11) is 0. The highest BCUT2D eigenvalue weighted by molar-refractivity contribution is 5.80. The molecule has 0 aliphatic heterocycles. The maximum absolute atomic E-state index is 11.0. The van der Waals surface area contributed by atoms with Crippen LogP contribution in [-0.2, 0) is 11.2 Å². The van der Waals surface area contributed by atoms with Crippen molar-refractivity contribution in [3.05, 3.63) is 47.9 Å².